The van der Waals surface area contributed by atoms with E-state index in [1.165, 1.54) is 4.90 Å². The number of ether oxygens (including phenoxy) is 1. The third-order valence-electron chi connectivity index (χ3n) is 5.55. The van der Waals surface area contributed by atoms with Crippen molar-refractivity contribution >= 4 is 17.8 Å². The van der Waals surface area contributed by atoms with Gasteiger partial charge < -0.3 is 14.5 Å². The van der Waals surface area contributed by atoms with Gasteiger partial charge in [-0.15, -0.1) is 0 Å². The maximum Gasteiger partial charge on any atom is 0.327 e. The molecule has 1 aliphatic carbocycles. The second kappa shape index (κ2) is 6.94. The molecule has 7 heteroatoms. The quantitative estimate of drug-likeness (QED) is 0.717. The fraction of sp³-hybridized carbons (Fsp3) is 0.833. The van der Waals surface area contributed by atoms with Crippen LogP contribution in [0.5, 0.6) is 0 Å². The Hall–Kier alpha value is -1.63. The molecular weight excluding hydrogens is 322 g/mol. The van der Waals surface area contributed by atoms with Crippen LogP contribution in [0.15, 0.2) is 0 Å². The van der Waals surface area contributed by atoms with Crippen LogP contribution in [0, 0.1) is 11.3 Å². The molecule has 4 amide bonds. The van der Waals surface area contributed by atoms with Gasteiger partial charge in [0.15, 0.2) is 0 Å². The Morgan fingerprint density at radius 2 is 1.88 bits per heavy atom. The molecule has 1 atom stereocenters. The van der Waals surface area contributed by atoms with Crippen LogP contribution >= 0.6 is 0 Å². The Morgan fingerprint density at radius 1 is 1.20 bits per heavy atom. The number of methoxy groups -OCH3 is 1. The van der Waals surface area contributed by atoms with Gasteiger partial charge in [-0.1, -0.05) is 26.7 Å². The number of hydrogen-bond acceptors (Lipinski definition) is 4. The molecule has 25 heavy (non-hydrogen) atoms. The number of urea groups is 1. The molecule has 0 aromatic carbocycles. The number of imide groups is 1. The summed E-state index contributed by atoms with van der Waals surface area (Å²) in [4.78, 5) is 43.2. The SMILES string of the molecule is COCCN1C(=O)C2CN(C(=O)C3CCCC3)CC(C)(C)CN2C1=O. The van der Waals surface area contributed by atoms with Gasteiger partial charge in [0.05, 0.1) is 19.7 Å². The van der Waals surface area contributed by atoms with Crippen LogP contribution in [-0.2, 0) is 14.3 Å². The van der Waals surface area contributed by atoms with Gasteiger partial charge in [0.2, 0.25) is 5.91 Å². The highest BCUT2D eigenvalue weighted by atomic mass is 16.5. The van der Waals surface area contributed by atoms with Crippen molar-refractivity contribution in [2.75, 3.05) is 39.9 Å². The van der Waals surface area contributed by atoms with Crippen LogP contribution in [0.3, 0.4) is 0 Å². The predicted octanol–water partition coefficient (Wildman–Crippen LogP) is 1.32. The molecule has 7 nitrogen and oxygen atoms in total. The molecule has 0 N–H and O–H groups in total. The molecule has 0 aromatic rings. The number of carbonyl (C=O) groups excluding carboxylic acids is 3. The van der Waals surface area contributed by atoms with Crippen LogP contribution in [0.1, 0.15) is 39.5 Å². The third-order valence-corrected chi connectivity index (χ3v) is 5.55. The van der Waals surface area contributed by atoms with Gasteiger partial charge in [-0.3, -0.25) is 14.5 Å². The summed E-state index contributed by atoms with van der Waals surface area (Å²) in [5, 5.41) is 0. The Morgan fingerprint density at radius 3 is 2.52 bits per heavy atom. The van der Waals surface area contributed by atoms with Crippen LogP contribution in [0.2, 0.25) is 0 Å². The number of nitrogens with zero attached hydrogens (tertiary/aromatic N) is 3. The number of hydrogen-bond donors (Lipinski definition) is 0. The largest absolute Gasteiger partial charge is 0.383 e. The van der Waals surface area contributed by atoms with Gasteiger partial charge in [0.1, 0.15) is 6.04 Å². The second-order valence-corrected chi connectivity index (χ2v) is 8.27. The highest BCUT2D eigenvalue weighted by Gasteiger charge is 2.50. The molecule has 0 bridgehead atoms. The van der Waals surface area contributed by atoms with Gasteiger partial charge in [0, 0.05) is 31.5 Å². The van der Waals surface area contributed by atoms with Crippen LogP contribution in [0.4, 0.5) is 4.79 Å². The van der Waals surface area contributed by atoms with E-state index in [0.29, 0.717) is 26.2 Å². The van der Waals surface area contributed by atoms with Gasteiger partial charge in [-0.25, -0.2) is 4.79 Å². The van der Waals surface area contributed by atoms with Crippen molar-refractivity contribution in [1.29, 1.82) is 0 Å². The van der Waals surface area contributed by atoms with E-state index in [9.17, 15) is 14.4 Å². The second-order valence-electron chi connectivity index (χ2n) is 8.27. The van der Waals surface area contributed by atoms with E-state index in [0.717, 1.165) is 25.7 Å². The molecule has 1 saturated carbocycles. The molecule has 0 radical (unpaired) electrons. The number of fused-ring (bicyclic) bond motifs is 1. The summed E-state index contributed by atoms with van der Waals surface area (Å²) in [6.07, 6.45) is 4.09. The zero-order valence-corrected chi connectivity index (χ0v) is 15.5. The minimum absolute atomic E-state index is 0.0825. The van der Waals surface area contributed by atoms with Crippen molar-refractivity contribution in [2.45, 2.75) is 45.6 Å². The van der Waals surface area contributed by atoms with E-state index in [1.54, 1.807) is 12.0 Å². The molecule has 2 saturated heterocycles. The zero-order chi connectivity index (χ0) is 18.2. The summed E-state index contributed by atoms with van der Waals surface area (Å²) in [5.74, 6) is 0.0335. The fourth-order valence-corrected chi connectivity index (χ4v) is 4.34. The van der Waals surface area contributed by atoms with E-state index < -0.39 is 6.04 Å². The number of amides is 4. The summed E-state index contributed by atoms with van der Waals surface area (Å²) in [6.45, 7) is 6.09. The minimum atomic E-state index is -0.559. The Bertz CT molecular complexity index is 557. The number of rotatable bonds is 4. The Kier molecular flexibility index (Phi) is 5.04. The topological polar surface area (TPSA) is 70.2 Å². The smallest absolute Gasteiger partial charge is 0.327 e. The first-order valence-electron chi connectivity index (χ1n) is 9.24. The van der Waals surface area contributed by atoms with E-state index in [1.807, 2.05) is 4.90 Å². The van der Waals surface area contributed by atoms with Gasteiger partial charge >= 0.3 is 6.03 Å². The summed E-state index contributed by atoms with van der Waals surface area (Å²) in [7, 11) is 1.55. The summed E-state index contributed by atoms with van der Waals surface area (Å²) < 4.78 is 5.02. The molecule has 140 valence electrons. The highest BCUT2D eigenvalue weighted by molar-refractivity contribution is 6.04. The van der Waals surface area contributed by atoms with Crippen molar-refractivity contribution in [3.05, 3.63) is 0 Å². The average Bonchev–Trinajstić information content (AvgIpc) is 3.12. The van der Waals surface area contributed by atoms with Crippen molar-refractivity contribution in [2.24, 2.45) is 11.3 Å². The van der Waals surface area contributed by atoms with E-state index in [-0.39, 0.29) is 35.7 Å². The first kappa shape index (κ1) is 18.2. The zero-order valence-electron chi connectivity index (χ0n) is 15.5. The minimum Gasteiger partial charge on any atom is -0.383 e. The standard InChI is InChI=1S/C18H29N3O4/c1-18(2)11-19(15(22)13-6-4-5-7-13)10-14-16(23)20(8-9-25-3)17(24)21(14)12-18/h13-14H,4-12H2,1-3H3. The normalized spacial score (nSPS) is 27.0. The van der Waals surface area contributed by atoms with Crippen molar-refractivity contribution in [1.82, 2.24) is 14.7 Å². The van der Waals surface area contributed by atoms with Crippen molar-refractivity contribution in [3.8, 4) is 0 Å². The summed E-state index contributed by atoms with van der Waals surface area (Å²) in [6, 6.07) is -0.813. The molecule has 2 aliphatic heterocycles. The fourth-order valence-electron chi connectivity index (χ4n) is 4.34. The Labute approximate surface area is 149 Å². The monoisotopic (exact) mass is 351 g/mol. The lowest BCUT2D eigenvalue weighted by atomic mass is 9.92. The molecule has 1 unspecified atom stereocenters. The van der Waals surface area contributed by atoms with Gasteiger partial charge in [0.25, 0.3) is 5.91 Å². The molecule has 3 aliphatic rings. The maximum atomic E-state index is 12.9. The summed E-state index contributed by atoms with van der Waals surface area (Å²) in [5.41, 5.74) is -0.240. The highest BCUT2D eigenvalue weighted by Crippen LogP contribution is 2.33. The Balaban J connectivity index is 1.81. The lowest BCUT2D eigenvalue weighted by molar-refractivity contribution is -0.137. The van der Waals surface area contributed by atoms with Crippen molar-refractivity contribution in [3.63, 3.8) is 0 Å². The van der Waals surface area contributed by atoms with E-state index in [2.05, 4.69) is 13.8 Å². The molecule has 3 fully saturated rings. The summed E-state index contributed by atoms with van der Waals surface area (Å²) >= 11 is 0. The molecule has 0 spiro atoms. The van der Waals surface area contributed by atoms with E-state index >= 15 is 0 Å². The maximum absolute atomic E-state index is 12.9. The first-order chi connectivity index (χ1) is 11.8. The van der Waals surface area contributed by atoms with Gasteiger partial charge in [-0.2, -0.15) is 0 Å². The molecule has 0 aromatic heterocycles. The van der Waals surface area contributed by atoms with E-state index in [4.69, 9.17) is 4.74 Å². The van der Waals surface area contributed by atoms with Gasteiger partial charge in [-0.05, 0) is 12.8 Å². The lowest BCUT2D eigenvalue weighted by Gasteiger charge is -2.32. The average molecular weight is 351 g/mol. The van der Waals surface area contributed by atoms with Crippen LogP contribution < -0.4 is 0 Å². The molecular formula is C18H29N3O4. The molecule has 2 heterocycles. The first-order valence-corrected chi connectivity index (χ1v) is 9.24. The number of carbonyl (C=O) groups is 3. The van der Waals surface area contributed by atoms with Crippen LogP contribution in [-0.4, -0.2) is 78.5 Å². The van der Waals surface area contributed by atoms with Crippen molar-refractivity contribution < 1.29 is 19.1 Å². The molecule has 3 rings (SSSR count). The predicted molar refractivity (Wildman–Crippen MR) is 91.8 cm³/mol. The lowest BCUT2D eigenvalue weighted by Crippen LogP contribution is -2.46. The third kappa shape index (κ3) is 3.52. The van der Waals surface area contributed by atoms with Crippen LogP contribution in [0.25, 0.3) is 0 Å².